The molecule has 1 nitrogen and oxygen atoms in total. The van der Waals surface area contributed by atoms with Crippen molar-refractivity contribution >= 4 is 55.1 Å². The third-order valence-electron chi connectivity index (χ3n) is 4.30. The van der Waals surface area contributed by atoms with E-state index < -0.39 is 0 Å². The van der Waals surface area contributed by atoms with Gasteiger partial charge < -0.3 is 4.42 Å². The van der Waals surface area contributed by atoms with Crippen LogP contribution >= 0.6 is 11.6 Å². The summed E-state index contributed by atoms with van der Waals surface area (Å²) in [7, 11) is 0. The van der Waals surface area contributed by atoms with Crippen LogP contribution in [-0.2, 0) is 0 Å². The van der Waals surface area contributed by atoms with Gasteiger partial charge in [-0.25, -0.2) is 0 Å². The highest BCUT2D eigenvalue weighted by atomic mass is 35.5. The molecule has 0 saturated carbocycles. The molecule has 22 heavy (non-hydrogen) atoms. The number of rotatable bonds is 0. The van der Waals surface area contributed by atoms with E-state index in [0.29, 0.717) is 0 Å². The van der Waals surface area contributed by atoms with Gasteiger partial charge in [-0.1, -0.05) is 54.1 Å². The van der Waals surface area contributed by atoms with Crippen molar-refractivity contribution < 1.29 is 4.42 Å². The number of hydrogen-bond acceptors (Lipinski definition) is 1. The fourth-order valence-corrected chi connectivity index (χ4v) is 3.50. The zero-order valence-corrected chi connectivity index (χ0v) is 12.4. The first-order valence-electron chi connectivity index (χ1n) is 7.23. The molecule has 0 atom stereocenters. The van der Waals surface area contributed by atoms with Gasteiger partial charge in [-0.15, -0.1) is 0 Å². The molecular weight excluding hydrogens is 292 g/mol. The van der Waals surface area contributed by atoms with Gasteiger partial charge in [0.2, 0.25) is 0 Å². The van der Waals surface area contributed by atoms with Crippen molar-refractivity contribution in [3.63, 3.8) is 0 Å². The number of fused-ring (bicyclic) bond motifs is 7. The Bertz CT molecular complexity index is 1180. The minimum Gasteiger partial charge on any atom is -0.456 e. The van der Waals surface area contributed by atoms with Crippen molar-refractivity contribution in [1.82, 2.24) is 0 Å². The first-order chi connectivity index (χ1) is 10.8. The third-order valence-corrected chi connectivity index (χ3v) is 4.54. The number of benzene rings is 4. The Balaban J connectivity index is 2.17. The Hall–Kier alpha value is -2.51. The standard InChI is InChI=1S/C20H11ClO/c21-14-9-7-12-5-6-13-8-10-18-20(19(13)16(12)11-14)15-3-1-2-4-17(15)22-18/h1-11H. The normalized spacial score (nSPS) is 11.9. The molecule has 104 valence electrons. The minimum absolute atomic E-state index is 0.754. The van der Waals surface area contributed by atoms with Crippen LogP contribution in [0.2, 0.25) is 5.02 Å². The van der Waals surface area contributed by atoms with Crippen LogP contribution in [0, 0.1) is 0 Å². The number of para-hydroxylation sites is 1. The summed E-state index contributed by atoms with van der Waals surface area (Å²) in [5.74, 6) is 0. The number of halogens is 1. The average molecular weight is 303 g/mol. The van der Waals surface area contributed by atoms with Gasteiger partial charge in [0, 0.05) is 21.2 Å². The largest absolute Gasteiger partial charge is 0.456 e. The molecule has 2 heteroatoms. The van der Waals surface area contributed by atoms with Crippen molar-refractivity contribution in [2.45, 2.75) is 0 Å². The van der Waals surface area contributed by atoms with Crippen LogP contribution in [0.5, 0.6) is 0 Å². The second-order valence-corrected chi connectivity index (χ2v) is 6.00. The minimum atomic E-state index is 0.754. The Morgan fingerprint density at radius 3 is 2.36 bits per heavy atom. The van der Waals surface area contributed by atoms with Crippen LogP contribution in [0.1, 0.15) is 0 Å². The van der Waals surface area contributed by atoms with Gasteiger partial charge in [-0.3, -0.25) is 0 Å². The van der Waals surface area contributed by atoms with E-state index in [4.69, 9.17) is 16.0 Å². The molecule has 0 spiro atoms. The Morgan fingerprint density at radius 2 is 1.41 bits per heavy atom. The van der Waals surface area contributed by atoms with E-state index in [1.807, 2.05) is 36.4 Å². The first kappa shape index (κ1) is 12.1. The predicted octanol–water partition coefficient (Wildman–Crippen LogP) is 6.55. The monoisotopic (exact) mass is 302 g/mol. The van der Waals surface area contributed by atoms with Crippen molar-refractivity contribution in [1.29, 1.82) is 0 Å². The predicted molar refractivity (Wildman–Crippen MR) is 93.7 cm³/mol. The molecule has 0 aliphatic carbocycles. The van der Waals surface area contributed by atoms with Gasteiger partial charge in [0.05, 0.1) is 0 Å². The molecule has 0 bridgehead atoms. The molecule has 0 radical (unpaired) electrons. The number of furan rings is 1. The summed E-state index contributed by atoms with van der Waals surface area (Å²) >= 11 is 6.24. The van der Waals surface area contributed by atoms with E-state index in [9.17, 15) is 0 Å². The second-order valence-electron chi connectivity index (χ2n) is 5.57. The van der Waals surface area contributed by atoms with Gasteiger partial charge in [0.25, 0.3) is 0 Å². The van der Waals surface area contributed by atoms with Gasteiger partial charge in [0.15, 0.2) is 0 Å². The van der Waals surface area contributed by atoms with Gasteiger partial charge in [-0.2, -0.15) is 0 Å². The zero-order valence-electron chi connectivity index (χ0n) is 11.6. The van der Waals surface area contributed by atoms with Crippen LogP contribution in [-0.4, -0.2) is 0 Å². The lowest BCUT2D eigenvalue weighted by atomic mass is 9.97. The molecule has 0 fully saturated rings. The lowest BCUT2D eigenvalue weighted by Crippen LogP contribution is -1.79. The SMILES string of the molecule is Clc1ccc2ccc3ccc4oc5ccccc5c4c3c2c1. The maximum atomic E-state index is 6.24. The first-order valence-corrected chi connectivity index (χ1v) is 7.61. The molecule has 0 saturated heterocycles. The van der Waals surface area contributed by atoms with E-state index in [2.05, 4.69) is 30.3 Å². The topological polar surface area (TPSA) is 13.1 Å². The van der Waals surface area contributed by atoms with Crippen molar-refractivity contribution in [2.75, 3.05) is 0 Å². The van der Waals surface area contributed by atoms with Crippen molar-refractivity contribution in [3.8, 4) is 0 Å². The third kappa shape index (κ3) is 1.54. The van der Waals surface area contributed by atoms with Crippen LogP contribution in [0.25, 0.3) is 43.5 Å². The van der Waals surface area contributed by atoms with Gasteiger partial charge >= 0.3 is 0 Å². The highest BCUT2D eigenvalue weighted by Gasteiger charge is 2.12. The van der Waals surface area contributed by atoms with Crippen LogP contribution in [0.3, 0.4) is 0 Å². The van der Waals surface area contributed by atoms with Crippen LogP contribution in [0.4, 0.5) is 0 Å². The molecule has 5 rings (SSSR count). The van der Waals surface area contributed by atoms with Crippen molar-refractivity contribution in [2.24, 2.45) is 0 Å². The maximum absolute atomic E-state index is 6.24. The van der Waals surface area contributed by atoms with E-state index in [1.165, 1.54) is 26.9 Å². The summed E-state index contributed by atoms with van der Waals surface area (Å²) in [6.07, 6.45) is 0. The average Bonchev–Trinajstić information content (AvgIpc) is 2.93. The quantitative estimate of drug-likeness (QED) is 0.296. The Labute approximate surface area is 131 Å². The molecule has 0 aliphatic rings. The van der Waals surface area contributed by atoms with Crippen LogP contribution < -0.4 is 0 Å². The molecule has 0 aliphatic heterocycles. The van der Waals surface area contributed by atoms with E-state index >= 15 is 0 Å². The molecule has 0 amide bonds. The summed E-state index contributed by atoms with van der Waals surface area (Å²) in [6, 6.07) is 22.7. The molecular formula is C20H11ClO. The van der Waals surface area contributed by atoms with E-state index in [1.54, 1.807) is 0 Å². The summed E-state index contributed by atoms with van der Waals surface area (Å²) in [6.45, 7) is 0. The zero-order chi connectivity index (χ0) is 14.7. The summed E-state index contributed by atoms with van der Waals surface area (Å²) < 4.78 is 6.01. The molecule has 0 N–H and O–H groups in total. The lowest BCUT2D eigenvalue weighted by Gasteiger charge is -2.06. The van der Waals surface area contributed by atoms with Crippen molar-refractivity contribution in [3.05, 3.63) is 71.8 Å². The second kappa shape index (κ2) is 4.25. The Kier molecular flexibility index (Phi) is 2.33. The van der Waals surface area contributed by atoms with E-state index in [0.717, 1.165) is 21.6 Å². The molecule has 1 aromatic heterocycles. The smallest absolute Gasteiger partial charge is 0.136 e. The number of hydrogen-bond donors (Lipinski definition) is 0. The van der Waals surface area contributed by atoms with Crippen LogP contribution in [0.15, 0.2) is 71.1 Å². The van der Waals surface area contributed by atoms with Gasteiger partial charge in [-0.05, 0) is 40.4 Å². The van der Waals surface area contributed by atoms with E-state index in [-0.39, 0.29) is 0 Å². The summed E-state index contributed by atoms with van der Waals surface area (Å²) in [4.78, 5) is 0. The molecule has 1 heterocycles. The highest BCUT2D eigenvalue weighted by Crippen LogP contribution is 2.38. The lowest BCUT2D eigenvalue weighted by molar-refractivity contribution is 0.669. The summed E-state index contributed by atoms with van der Waals surface area (Å²) in [5, 5.41) is 7.84. The maximum Gasteiger partial charge on any atom is 0.136 e. The highest BCUT2D eigenvalue weighted by molar-refractivity contribution is 6.33. The molecule has 0 unspecified atom stereocenters. The molecule has 5 aromatic rings. The fraction of sp³-hybridized carbons (Fsp3) is 0. The fourth-order valence-electron chi connectivity index (χ4n) is 3.33. The Morgan fingerprint density at radius 1 is 0.636 bits per heavy atom. The summed E-state index contributed by atoms with van der Waals surface area (Å²) in [5.41, 5.74) is 1.84. The molecule has 4 aromatic carbocycles. The van der Waals surface area contributed by atoms with Gasteiger partial charge in [0.1, 0.15) is 11.2 Å².